The summed E-state index contributed by atoms with van der Waals surface area (Å²) in [5.41, 5.74) is 1.74. The number of nitrogens with one attached hydrogen (secondary N) is 3. The van der Waals surface area contributed by atoms with Gasteiger partial charge >= 0.3 is 6.03 Å². The lowest BCUT2D eigenvalue weighted by atomic mass is 9.74. The molecule has 1 aliphatic rings. The van der Waals surface area contributed by atoms with Crippen molar-refractivity contribution in [2.45, 2.75) is 24.8 Å². The van der Waals surface area contributed by atoms with Crippen molar-refractivity contribution in [3.63, 3.8) is 0 Å². The van der Waals surface area contributed by atoms with E-state index in [9.17, 15) is 14.0 Å². The third-order valence-corrected chi connectivity index (χ3v) is 5.78. The minimum absolute atomic E-state index is 0.125. The van der Waals surface area contributed by atoms with Gasteiger partial charge in [-0.25, -0.2) is 9.18 Å². The monoisotopic (exact) mass is 477 g/mol. The van der Waals surface area contributed by atoms with Crippen LogP contribution in [0.15, 0.2) is 53.0 Å². The van der Waals surface area contributed by atoms with Gasteiger partial charge in [0.15, 0.2) is 0 Å². The zero-order valence-corrected chi connectivity index (χ0v) is 18.1. The van der Waals surface area contributed by atoms with Crippen LogP contribution in [0.1, 0.15) is 24.0 Å². The number of ether oxygens (including phenoxy) is 1. The van der Waals surface area contributed by atoms with E-state index in [4.69, 9.17) is 4.74 Å². The SMILES string of the molecule is O=C(CNC(=O)NCc1ccc(F)cc1)NCC1(c2cccc(Br)c2)CCOCC1. The molecule has 1 heterocycles. The van der Waals surface area contributed by atoms with Gasteiger partial charge in [-0.1, -0.05) is 40.2 Å². The molecule has 0 atom stereocenters. The van der Waals surface area contributed by atoms with Crippen LogP contribution >= 0.6 is 15.9 Å². The molecule has 0 unspecified atom stereocenters. The maximum Gasteiger partial charge on any atom is 0.315 e. The molecule has 0 aliphatic carbocycles. The lowest BCUT2D eigenvalue weighted by molar-refractivity contribution is -0.120. The molecule has 1 aliphatic heterocycles. The maximum atomic E-state index is 12.9. The summed E-state index contributed by atoms with van der Waals surface area (Å²) < 4.78 is 19.4. The summed E-state index contributed by atoms with van der Waals surface area (Å²) in [6, 6.07) is 13.5. The first kappa shape index (κ1) is 22.2. The lowest BCUT2D eigenvalue weighted by Gasteiger charge is -2.38. The zero-order valence-electron chi connectivity index (χ0n) is 16.5. The smallest absolute Gasteiger partial charge is 0.315 e. The van der Waals surface area contributed by atoms with Gasteiger partial charge in [-0.15, -0.1) is 0 Å². The van der Waals surface area contributed by atoms with Crippen LogP contribution in [-0.4, -0.2) is 38.2 Å². The number of carbonyl (C=O) groups is 2. The number of benzene rings is 2. The highest BCUT2D eigenvalue weighted by Gasteiger charge is 2.35. The second-order valence-electron chi connectivity index (χ2n) is 7.34. The Kier molecular flexibility index (Phi) is 7.81. The average molecular weight is 478 g/mol. The number of halogens is 2. The maximum absolute atomic E-state index is 12.9. The summed E-state index contributed by atoms with van der Waals surface area (Å²) >= 11 is 3.52. The van der Waals surface area contributed by atoms with Crippen molar-refractivity contribution in [1.29, 1.82) is 0 Å². The van der Waals surface area contributed by atoms with E-state index < -0.39 is 6.03 Å². The van der Waals surface area contributed by atoms with Crippen molar-refractivity contribution < 1.29 is 18.7 Å². The third kappa shape index (κ3) is 6.27. The molecular formula is C22H25BrFN3O3. The van der Waals surface area contributed by atoms with Gasteiger partial charge < -0.3 is 20.7 Å². The van der Waals surface area contributed by atoms with Crippen LogP contribution in [0.25, 0.3) is 0 Å². The lowest BCUT2D eigenvalue weighted by Crippen LogP contribution is -2.48. The molecule has 1 saturated heterocycles. The first-order chi connectivity index (χ1) is 14.5. The van der Waals surface area contributed by atoms with Gasteiger partial charge in [0.1, 0.15) is 5.82 Å². The molecule has 2 aromatic rings. The summed E-state index contributed by atoms with van der Waals surface area (Å²) in [6.45, 7) is 1.89. The molecule has 3 rings (SSSR count). The van der Waals surface area contributed by atoms with Crippen molar-refractivity contribution in [2.24, 2.45) is 0 Å². The quantitative estimate of drug-likeness (QED) is 0.572. The van der Waals surface area contributed by atoms with Gasteiger partial charge in [0.05, 0.1) is 6.54 Å². The summed E-state index contributed by atoms with van der Waals surface area (Å²) in [6.07, 6.45) is 1.63. The van der Waals surface area contributed by atoms with E-state index in [-0.39, 0.29) is 30.2 Å². The highest BCUT2D eigenvalue weighted by atomic mass is 79.9. The average Bonchev–Trinajstić information content (AvgIpc) is 2.76. The molecule has 3 N–H and O–H groups in total. The third-order valence-electron chi connectivity index (χ3n) is 5.29. The van der Waals surface area contributed by atoms with Crippen LogP contribution in [0, 0.1) is 5.82 Å². The molecule has 1 fully saturated rings. The summed E-state index contributed by atoms with van der Waals surface area (Å²) in [5.74, 6) is -0.585. The number of urea groups is 1. The second-order valence-corrected chi connectivity index (χ2v) is 8.26. The summed E-state index contributed by atoms with van der Waals surface area (Å²) in [5, 5.41) is 8.14. The number of hydrogen-bond acceptors (Lipinski definition) is 3. The van der Waals surface area contributed by atoms with Crippen molar-refractivity contribution >= 4 is 27.9 Å². The van der Waals surface area contributed by atoms with Crippen LogP contribution < -0.4 is 16.0 Å². The van der Waals surface area contributed by atoms with Crippen molar-refractivity contribution in [2.75, 3.05) is 26.3 Å². The standard InChI is InChI=1S/C22H25BrFN3O3/c23-18-3-1-2-17(12-18)22(8-10-30-11-9-22)15-27-20(28)14-26-21(29)25-13-16-4-6-19(24)7-5-16/h1-7,12H,8-11,13-15H2,(H,27,28)(H2,25,26,29). The Labute approximate surface area is 183 Å². The number of hydrogen-bond donors (Lipinski definition) is 3. The van der Waals surface area contributed by atoms with E-state index in [2.05, 4.69) is 44.0 Å². The van der Waals surface area contributed by atoms with Gasteiger partial charge in [-0.05, 0) is 48.2 Å². The number of carbonyl (C=O) groups excluding carboxylic acids is 2. The summed E-state index contributed by atoms with van der Waals surface area (Å²) in [7, 11) is 0. The van der Waals surface area contributed by atoms with Crippen LogP contribution in [-0.2, 0) is 21.5 Å². The first-order valence-electron chi connectivity index (χ1n) is 9.83. The fourth-order valence-corrected chi connectivity index (χ4v) is 3.89. The second kappa shape index (κ2) is 10.5. The molecule has 6 nitrogen and oxygen atoms in total. The Morgan fingerprint density at radius 1 is 1.03 bits per heavy atom. The molecule has 8 heteroatoms. The Morgan fingerprint density at radius 3 is 2.47 bits per heavy atom. The van der Waals surface area contributed by atoms with Crippen LogP contribution in [0.2, 0.25) is 0 Å². The number of amides is 3. The van der Waals surface area contributed by atoms with E-state index in [0.29, 0.717) is 19.8 Å². The van der Waals surface area contributed by atoms with Gasteiger partial charge in [0, 0.05) is 36.2 Å². The molecule has 3 amide bonds. The normalized spacial score (nSPS) is 15.3. The Morgan fingerprint density at radius 2 is 1.77 bits per heavy atom. The minimum atomic E-state index is -0.456. The van der Waals surface area contributed by atoms with Gasteiger partial charge in [-0.3, -0.25) is 4.79 Å². The van der Waals surface area contributed by atoms with Crippen LogP contribution in [0.4, 0.5) is 9.18 Å². The summed E-state index contributed by atoms with van der Waals surface area (Å²) in [4.78, 5) is 24.2. The molecule has 0 radical (unpaired) electrons. The minimum Gasteiger partial charge on any atom is -0.381 e. The van der Waals surface area contributed by atoms with Crippen LogP contribution in [0.3, 0.4) is 0 Å². The molecule has 0 bridgehead atoms. The van der Waals surface area contributed by atoms with Crippen molar-refractivity contribution in [1.82, 2.24) is 16.0 Å². The zero-order chi connectivity index (χ0) is 21.4. The molecule has 0 saturated carbocycles. The highest BCUT2D eigenvalue weighted by Crippen LogP contribution is 2.35. The van der Waals surface area contributed by atoms with E-state index >= 15 is 0 Å². The molecule has 2 aromatic carbocycles. The van der Waals surface area contributed by atoms with Crippen molar-refractivity contribution in [3.05, 3.63) is 69.9 Å². The Hall–Kier alpha value is -2.45. The van der Waals surface area contributed by atoms with E-state index in [0.717, 1.165) is 28.4 Å². The fourth-order valence-electron chi connectivity index (χ4n) is 3.49. The molecule has 30 heavy (non-hydrogen) atoms. The fraction of sp³-hybridized carbons (Fsp3) is 0.364. The van der Waals surface area contributed by atoms with E-state index in [1.54, 1.807) is 12.1 Å². The Bertz CT molecular complexity index is 870. The highest BCUT2D eigenvalue weighted by molar-refractivity contribution is 9.10. The predicted molar refractivity (Wildman–Crippen MR) is 116 cm³/mol. The largest absolute Gasteiger partial charge is 0.381 e. The first-order valence-corrected chi connectivity index (χ1v) is 10.6. The molecule has 160 valence electrons. The van der Waals surface area contributed by atoms with E-state index in [1.165, 1.54) is 12.1 Å². The number of rotatable bonds is 7. The van der Waals surface area contributed by atoms with E-state index in [1.807, 2.05) is 12.1 Å². The Balaban J connectivity index is 1.47. The van der Waals surface area contributed by atoms with Gasteiger partial charge in [0.2, 0.25) is 5.91 Å². The van der Waals surface area contributed by atoms with Gasteiger partial charge in [0.25, 0.3) is 0 Å². The molecule has 0 spiro atoms. The molecular weight excluding hydrogens is 453 g/mol. The predicted octanol–water partition coefficient (Wildman–Crippen LogP) is 3.25. The van der Waals surface area contributed by atoms with Crippen molar-refractivity contribution in [3.8, 4) is 0 Å². The topological polar surface area (TPSA) is 79.5 Å². The van der Waals surface area contributed by atoms with Gasteiger partial charge in [-0.2, -0.15) is 0 Å². The van der Waals surface area contributed by atoms with Crippen LogP contribution in [0.5, 0.6) is 0 Å². The molecule has 0 aromatic heterocycles.